The van der Waals surface area contributed by atoms with Crippen molar-refractivity contribution >= 4 is 35.1 Å². The highest BCUT2D eigenvalue weighted by molar-refractivity contribution is 5.96. The highest BCUT2D eigenvalue weighted by atomic mass is 16.5. The Labute approximate surface area is 225 Å². The van der Waals surface area contributed by atoms with Crippen LogP contribution in [0.25, 0.3) is 11.8 Å². The number of rotatable bonds is 12. The van der Waals surface area contributed by atoms with Crippen molar-refractivity contribution in [3.8, 4) is 0 Å². The number of hydrogen-bond acceptors (Lipinski definition) is 9. The monoisotopic (exact) mass is 524 g/mol. The lowest BCUT2D eigenvalue weighted by Crippen LogP contribution is -2.48. The van der Waals surface area contributed by atoms with Gasteiger partial charge in [0.15, 0.2) is 11.5 Å². The molecule has 1 aliphatic carbocycles. The molecule has 1 saturated carbocycles. The third-order valence-electron chi connectivity index (χ3n) is 7.63. The number of benzene rings is 1. The molecule has 1 aromatic heterocycles. The van der Waals surface area contributed by atoms with E-state index in [1.54, 1.807) is 0 Å². The quantitative estimate of drug-likeness (QED) is 0.329. The summed E-state index contributed by atoms with van der Waals surface area (Å²) in [5.41, 5.74) is 15.2. The van der Waals surface area contributed by atoms with Gasteiger partial charge in [-0.2, -0.15) is 4.98 Å². The molecule has 1 heterocycles. The van der Waals surface area contributed by atoms with Crippen molar-refractivity contribution in [2.24, 2.45) is 11.5 Å². The first-order chi connectivity index (χ1) is 18.0. The molecule has 208 valence electrons. The minimum Gasteiger partial charge on any atom is -0.380 e. The maximum atomic E-state index is 12.2. The molecule has 1 aromatic carbocycles. The van der Waals surface area contributed by atoms with Gasteiger partial charge in [0, 0.05) is 43.2 Å². The minimum atomic E-state index is -0.715. The molecule has 6 N–H and O–H groups in total. The highest BCUT2D eigenvalue weighted by Gasteiger charge is 2.34. The fraction of sp³-hybridized carbons (Fsp3) is 0.571. The van der Waals surface area contributed by atoms with Crippen molar-refractivity contribution < 1.29 is 9.53 Å². The van der Waals surface area contributed by atoms with E-state index in [0.29, 0.717) is 13.2 Å². The summed E-state index contributed by atoms with van der Waals surface area (Å²) in [6.07, 6.45) is 6.80. The number of amides is 1. The molecule has 1 aliphatic rings. The molecule has 2 aromatic rings. The zero-order valence-electron chi connectivity index (χ0n) is 23.9. The summed E-state index contributed by atoms with van der Waals surface area (Å²) in [5, 5.41) is 16.9. The lowest BCUT2D eigenvalue weighted by Gasteiger charge is -2.45. The number of hydrogen-bond donors (Lipinski definition) is 4. The highest BCUT2D eigenvalue weighted by Crippen LogP contribution is 2.36. The van der Waals surface area contributed by atoms with Crippen molar-refractivity contribution in [3.63, 3.8) is 0 Å². The lowest BCUT2D eigenvalue weighted by molar-refractivity contribution is 0.0995. The predicted molar refractivity (Wildman–Crippen MR) is 153 cm³/mol. The van der Waals surface area contributed by atoms with Crippen LogP contribution in [0.15, 0.2) is 12.1 Å². The number of anilines is 3. The number of carbonyl (C=O) groups is 1. The number of nitrogens with two attached hydrogens (primary N) is 2. The summed E-state index contributed by atoms with van der Waals surface area (Å²) in [6.45, 7) is 13.6. The van der Waals surface area contributed by atoms with Gasteiger partial charge in [0.05, 0.1) is 6.61 Å². The Balaban J connectivity index is 2.01. The fourth-order valence-corrected chi connectivity index (χ4v) is 4.64. The van der Waals surface area contributed by atoms with Crippen LogP contribution in [0.1, 0.15) is 76.4 Å². The average Bonchev–Trinajstić information content (AvgIpc) is 2.85. The Morgan fingerprint density at radius 2 is 2.00 bits per heavy atom. The van der Waals surface area contributed by atoms with Gasteiger partial charge in [0.1, 0.15) is 0 Å². The normalized spacial score (nSPS) is 17.3. The first kappa shape index (κ1) is 29.3. The van der Waals surface area contributed by atoms with Crippen LogP contribution >= 0.6 is 0 Å². The second-order valence-electron chi connectivity index (χ2n) is 10.6. The molecule has 38 heavy (non-hydrogen) atoms. The van der Waals surface area contributed by atoms with E-state index in [0.717, 1.165) is 22.9 Å². The molecule has 3 rings (SSSR count). The molecule has 1 amide bonds. The summed E-state index contributed by atoms with van der Waals surface area (Å²) in [7, 11) is 2.15. The van der Waals surface area contributed by atoms with E-state index >= 15 is 0 Å². The van der Waals surface area contributed by atoms with Crippen LogP contribution in [0.4, 0.5) is 17.5 Å². The van der Waals surface area contributed by atoms with E-state index in [2.05, 4.69) is 83.8 Å². The van der Waals surface area contributed by atoms with E-state index < -0.39 is 5.91 Å². The third-order valence-corrected chi connectivity index (χ3v) is 7.63. The summed E-state index contributed by atoms with van der Waals surface area (Å²) < 4.78 is 5.42. The molecular formula is C28H44N8O2. The number of aromatic nitrogens is 3. The van der Waals surface area contributed by atoms with Gasteiger partial charge in [-0.25, -0.2) is 0 Å². The summed E-state index contributed by atoms with van der Waals surface area (Å²) in [6, 6.07) is 3.68. The second-order valence-corrected chi connectivity index (χ2v) is 10.6. The van der Waals surface area contributed by atoms with Crippen molar-refractivity contribution in [1.29, 1.82) is 0 Å². The maximum Gasteiger partial charge on any atom is 0.273 e. The van der Waals surface area contributed by atoms with Gasteiger partial charge in [0.2, 0.25) is 5.95 Å². The van der Waals surface area contributed by atoms with Gasteiger partial charge in [0.25, 0.3) is 5.91 Å². The molecule has 10 heteroatoms. The Morgan fingerprint density at radius 1 is 1.29 bits per heavy atom. The zero-order chi connectivity index (χ0) is 28.0. The number of nitrogens with zero attached hydrogens (tertiary/aromatic N) is 4. The van der Waals surface area contributed by atoms with Gasteiger partial charge in [-0.05, 0) is 88.4 Å². The summed E-state index contributed by atoms with van der Waals surface area (Å²) in [4.78, 5) is 19.0. The second kappa shape index (κ2) is 12.5. The molecule has 0 saturated heterocycles. The summed E-state index contributed by atoms with van der Waals surface area (Å²) >= 11 is 0. The Hall–Kier alpha value is -3.24. The van der Waals surface area contributed by atoms with Gasteiger partial charge >= 0.3 is 0 Å². The topological polar surface area (TPSA) is 144 Å². The van der Waals surface area contributed by atoms with Crippen LogP contribution in [0, 0.1) is 6.92 Å². The molecule has 1 fully saturated rings. The van der Waals surface area contributed by atoms with Gasteiger partial charge in [-0.15, -0.1) is 10.2 Å². The predicted octanol–water partition coefficient (Wildman–Crippen LogP) is 2.38. The molecular weight excluding hydrogens is 480 g/mol. The maximum absolute atomic E-state index is 12.2. The fourth-order valence-electron chi connectivity index (χ4n) is 4.64. The largest absolute Gasteiger partial charge is 0.380 e. The Bertz CT molecular complexity index is 1260. The molecule has 10 nitrogen and oxygen atoms in total. The van der Waals surface area contributed by atoms with Gasteiger partial charge in [-0.3, -0.25) is 4.79 Å². The van der Waals surface area contributed by atoms with Crippen LogP contribution in [-0.4, -0.2) is 63.9 Å². The molecule has 2 atom stereocenters. The van der Waals surface area contributed by atoms with Crippen LogP contribution in [0.5, 0.6) is 0 Å². The minimum absolute atomic E-state index is 0.0375. The smallest absolute Gasteiger partial charge is 0.273 e. The molecule has 0 unspecified atom stereocenters. The number of primary amides is 1. The van der Waals surface area contributed by atoms with Crippen molar-refractivity contribution in [1.82, 2.24) is 20.1 Å². The van der Waals surface area contributed by atoms with Gasteiger partial charge < -0.3 is 31.7 Å². The number of aryl methyl sites for hydroxylation is 1. The number of ether oxygens (including phenoxy) is 1. The summed E-state index contributed by atoms with van der Waals surface area (Å²) in [5.74, 6) is -0.243. The Morgan fingerprint density at radius 3 is 2.58 bits per heavy atom. The van der Waals surface area contributed by atoms with E-state index in [9.17, 15) is 4.79 Å². The number of nitrogens with one attached hydrogen (secondary N) is 2. The van der Waals surface area contributed by atoms with E-state index in [4.69, 9.17) is 16.2 Å². The van der Waals surface area contributed by atoms with Crippen molar-refractivity contribution in [2.75, 3.05) is 30.9 Å². The average molecular weight is 525 g/mol. The third kappa shape index (κ3) is 6.79. The molecule has 0 aliphatic heterocycles. The van der Waals surface area contributed by atoms with Crippen LogP contribution in [-0.2, 0) is 4.74 Å². The standard InChI is InChI=1S/C28H44N8O2/c1-8-17(3)23-18(4)13-21(14-20(23)15-36(7)28(6)11-10-12-28)32-26-24(25(30)37)34-35-27(33-26)31-19(5)22(29)16-38-9-2/h13-15,19,22H,8-12,16,29H2,1-7H3,(H2,30,37)(H2,31,32,33,35)/b20-15-,23-17?/t19-,22+/m1/s1. The van der Waals surface area contributed by atoms with Crippen LogP contribution in [0.2, 0.25) is 0 Å². The van der Waals surface area contributed by atoms with Crippen molar-refractivity contribution in [2.45, 2.75) is 84.8 Å². The van der Waals surface area contributed by atoms with Crippen molar-refractivity contribution in [3.05, 3.63) is 33.8 Å². The first-order valence-corrected chi connectivity index (χ1v) is 13.5. The Kier molecular flexibility index (Phi) is 9.67. The van der Waals surface area contributed by atoms with Gasteiger partial charge in [-0.1, -0.05) is 12.5 Å². The molecule has 0 spiro atoms. The molecule has 0 bridgehead atoms. The van der Waals surface area contributed by atoms with E-state index in [1.165, 1.54) is 30.1 Å². The van der Waals surface area contributed by atoms with E-state index in [-0.39, 0.29) is 35.1 Å². The van der Waals surface area contributed by atoms with E-state index in [1.807, 2.05) is 13.8 Å². The lowest BCUT2D eigenvalue weighted by atomic mass is 9.77. The number of carbonyl (C=O) groups excluding carboxylic acids is 1. The van der Waals surface area contributed by atoms with Crippen LogP contribution < -0.4 is 32.5 Å². The van der Waals surface area contributed by atoms with Crippen LogP contribution in [0.3, 0.4) is 0 Å². The zero-order valence-corrected chi connectivity index (χ0v) is 23.9. The molecule has 0 radical (unpaired) electrons. The first-order valence-electron chi connectivity index (χ1n) is 13.5. The SMILES string of the molecule is CCOC[C@H](N)[C@@H](C)Nc1nnc(C(N)=O)c(Nc2cc(C)c(=C(C)CC)/c(=C\N(C)C3(C)CCC3)c2)n1.